The third-order valence-electron chi connectivity index (χ3n) is 3.74. The second-order valence-electron chi connectivity index (χ2n) is 5.43. The van der Waals surface area contributed by atoms with Crippen LogP contribution in [-0.4, -0.2) is 23.0 Å². The van der Waals surface area contributed by atoms with Crippen LogP contribution in [0.25, 0.3) is 0 Å². The van der Waals surface area contributed by atoms with Crippen molar-refractivity contribution in [2.45, 2.75) is 64.2 Å². The van der Waals surface area contributed by atoms with Crippen molar-refractivity contribution in [2.24, 2.45) is 5.73 Å². The molecule has 0 aliphatic heterocycles. The molecule has 0 amide bonds. The lowest BCUT2D eigenvalue weighted by Crippen LogP contribution is -2.45. The minimum atomic E-state index is 0.415. The zero-order valence-corrected chi connectivity index (χ0v) is 11.7. The van der Waals surface area contributed by atoms with Gasteiger partial charge in [0.1, 0.15) is 0 Å². The Morgan fingerprint density at radius 3 is 2.88 bits per heavy atom. The summed E-state index contributed by atoms with van der Waals surface area (Å²) in [7, 11) is 0. The van der Waals surface area contributed by atoms with Crippen LogP contribution < -0.4 is 5.73 Å². The summed E-state index contributed by atoms with van der Waals surface area (Å²) in [5.74, 6) is 0. The Morgan fingerprint density at radius 1 is 1.47 bits per heavy atom. The predicted molar refractivity (Wildman–Crippen MR) is 75.2 cm³/mol. The average molecular weight is 252 g/mol. The minimum Gasteiger partial charge on any atom is -0.328 e. The number of thiophene rings is 1. The van der Waals surface area contributed by atoms with Gasteiger partial charge in [-0.15, -0.1) is 11.3 Å². The quantitative estimate of drug-likeness (QED) is 0.891. The summed E-state index contributed by atoms with van der Waals surface area (Å²) in [5, 5.41) is 2.17. The molecule has 2 unspecified atom stereocenters. The van der Waals surface area contributed by atoms with Crippen LogP contribution in [0.5, 0.6) is 0 Å². The average Bonchev–Trinajstić information content (AvgIpc) is 2.78. The maximum absolute atomic E-state index is 6.11. The fourth-order valence-electron chi connectivity index (χ4n) is 2.82. The Kier molecular flexibility index (Phi) is 4.60. The molecule has 17 heavy (non-hydrogen) atoms. The zero-order chi connectivity index (χ0) is 12.3. The smallest absolute Gasteiger partial charge is 0.0333 e. The van der Waals surface area contributed by atoms with E-state index in [9.17, 15) is 0 Å². The third-order valence-corrected chi connectivity index (χ3v) is 4.60. The lowest BCUT2D eigenvalue weighted by molar-refractivity contribution is 0.107. The molecule has 1 aliphatic carbocycles. The maximum Gasteiger partial charge on any atom is 0.0333 e. The molecule has 2 nitrogen and oxygen atoms in total. The van der Waals surface area contributed by atoms with E-state index in [1.54, 1.807) is 0 Å². The van der Waals surface area contributed by atoms with E-state index in [4.69, 9.17) is 5.73 Å². The van der Waals surface area contributed by atoms with Crippen LogP contribution in [0.4, 0.5) is 0 Å². The minimum absolute atomic E-state index is 0.415. The largest absolute Gasteiger partial charge is 0.328 e. The maximum atomic E-state index is 6.11. The second kappa shape index (κ2) is 5.98. The predicted octanol–water partition coefficient (Wildman–Crippen LogP) is 3.23. The lowest BCUT2D eigenvalue weighted by atomic mass is 9.90. The molecular formula is C14H24N2S. The van der Waals surface area contributed by atoms with Gasteiger partial charge in [-0.25, -0.2) is 0 Å². The highest BCUT2D eigenvalue weighted by atomic mass is 32.1. The molecule has 0 bridgehead atoms. The van der Waals surface area contributed by atoms with Crippen LogP contribution >= 0.6 is 11.3 Å². The van der Waals surface area contributed by atoms with Gasteiger partial charge in [0.15, 0.2) is 0 Å². The van der Waals surface area contributed by atoms with Crippen LogP contribution in [0.3, 0.4) is 0 Å². The molecule has 2 rings (SSSR count). The Bertz CT molecular complexity index is 321. The van der Waals surface area contributed by atoms with Crippen LogP contribution in [0.1, 0.15) is 44.4 Å². The van der Waals surface area contributed by atoms with Gasteiger partial charge in [-0.3, -0.25) is 4.90 Å². The summed E-state index contributed by atoms with van der Waals surface area (Å²) in [6.45, 7) is 5.69. The van der Waals surface area contributed by atoms with E-state index in [0.29, 0.717) is 18.1 Å². The lowest BCUT2D eigenvalue weighted by Gasteiger charge is -2.38. The van der Waals surface area contributed by atoms with Gasteiger partial charge in [0, 0.05) is 29.5 Å². The topological polar surface area (TPSA) is 29.3 Å². The van der Waals surface area contributed by atoms with E-state index in [1.807, 2.05) is 11.3 Å². The van der Waals surface area contributed by atoms with Gasteiger partial charge in [0.25, 0.3) is 0 Å². The molecule has 1 aliphatic rings. The number of nitrogens with zero attached hydrogens (tertiary/aromatic N) is 1. The molecule has 1 aromatic rings. The fourth-order valence-corrected chi connectivity index (χ4v) is 3.53. The van der Waals surface area contributed by atoms with Gasteiger partial charge < -0.3 is 5.73 Å². The standard InChI is InChI=1S/C14H24N2S/c1-11(2)16(10-14-7-4-8-17-14)13-6-3-5-12(15)9-13/h4,7-8,11-13H,3,5-6,9-10,15H2,1-2H3. The number of rotatable bonds is 4. The highest BCUT2D eigenvalue weighted by Crippen LogP contribution is 2.26. The number of nitrogens with two attached hydrogens (primary N) is 1. The van der Waals surface area contributed by atoms with Crippen molar-refractivity contribution in [3.05, 3.63) is 22.4 Å². The van der Waals surface area contributed by atoms with E-state index < -0.39 is 0 Å². The first-order valence-electron chi connectivity index (χ1n) is 6.70. The molecule has 0 spiro atoms. The Balaban J connectivity index is 2.01. The first-order valence-corrected chi connectivity index (χ1v) is 7.58. The molecule has 1 fully saturated rings. The molecule has 1 saturated carbocycles. The van der Waals surface area contributed by atoms with Crippen molar-refractivity contribution >= 4 is 11.3 Å². The fraction of sp³-hybridized carbons (Fsp3) is 0.714. The monoisotopic (exact) mass is 252 g/mol. The molecule has 0 saturated heterocycles. The van der Waals surface area contributed by atoms with E-state index in [-0.39, 0.29) is 0 Å². The normalized spacial score (nSPS) is 25.7. The Hall–Kier alpha value is -0.380. The van der Waals surface area contributed by atoms with Gasteiger partial charge in [-0.2, -0.15) is 0 Å². The number of hydrogen-bond acceptors (Lipinski definition) is 3. The van der Waals surface area contributed by atoms with Gasteiger partial charge >= 0.3 is 0 Å². The van der Waals surface area contributed by atoms with Gasteiger partial charge in [0.05, 0.1) is 0 Å². The molecule has 2 N–H and O–H groups in total. The van der Waals surface area contributed by atoms with E-state index in [2.05, 4.69) is 36.3 Å². The van der Waals surface area contributed by atoms with Crippen molar-refractivity contribution < 1.29 is 0 Å². The van der Waals surface area contributed by atoms with Crippen molar-refractivity contribution in [3.63, 3.8) is 0 Å². The van der Waals surface area contributed by atoms with E-state index in [0.717, 1.165) is 6.54 Å². The molecule has 1 aromatic heterocycles. The van der Waals surface area contributed by atoms with Gasteiger partial charge in [-0.05, 0) is 44.6 Å². The summed E-state index contributed by atoms with van der Waals surface area (Å²) in [4.78, 5) is 4.10. The van der Waals surface area contributed by atoms with Gasteiger partial charge in [0.2, 0.25) is 0 Å². The SMILES string of the molecule is CC(C)N(Cc1cccs1)C1CCCC(N)C1. The van der Waals surface area contributed by atoms with E-state index in [1.165, 1.54) is 30.6 Å². The van der Waals surface area contributed by atoms with E-state index >= 15 is 0 Å². The van der Waals surface area contributed by atoms with Crippen LogP contribution in [-0.2, 0) is 6.54 Å². The molecule has 0 radical (unpaired) electrons. The first kappa shape index (κ1) is 13.1. The van der Waals surface area contributed by atoms with Crippen LogP contribution in [0.2, 0.25) is 0 Å². The number of hydrogen-bond donors (Lipinski definition) is 1. The summed E-state index contributed by atoms with van der Waals surface area (Å²) < 4.78 is 0. The van der Waals surface area contributed by atoms with Gasteiger partial charge in [-0.1, -0.05) is 12.5 Å². The second-order valence-corrected chi connectivity index (χ2v) is 6.46. The summed E-state index contributed by atoms with van der Waals surface area (Å²) in [5.41, 5.74) is 6.11. The summed E-state index contributed by atoms with van der Waals surface area (Å²) in [6, 6.07) is 6.08. The zero-order valence-electron chi connectivity index (χ0n) is 10.9. The highest BCUT2D eigenvalue weighted by Gasteiger charge is 2.26. The third kappa shape index (κ3) is 3.54. The summed E-state index contributed by atoms with van der Waals surface area (Å²) >= 11 is 1.86. The van der Waals surface area contributed by atoms with Crippen molar-refractivity contribution in [1.29, 1.82) is 0 Å². The molecule has 0 aromatic carbocycles. The van der Waals surface area contributed by atoms with Crippen LogP contribution in [0, 0.1) is 0 Å². The first-order chi connectivity index (χ1) is 8.16. The van der Waals surface area contributed by atoms with Crippen LogP contribution in [0.15, 0.2) is 17.5 Å². The molecule has 1 heterocycles. The Labute approximate surface area is 109 Å². The van der Waals surface area contributed by atoms with Crippen molar-refractivity contribution in [1.82, 2.24) is 4.90 Å². The summed E-state index contributed by atoms with van der Waals surface area (Å²) in [6.07, 6.45) is 4.99. The molecule has 96 valence electrons. The molecule has 2 atom stereocenters. The molecular weight excluding hydrogens is 228 g/mol. The highest BCUT2D eigenvalue weighted by molar-refractivity contribution is 7.09. The van der Waals surface area contributed by atoms with Crippen molar-refractivity contribution in [2.75, 3.05) is 0 Å². The van der Waals surface area contributed by atoms with Crippen molar-refractivity contribution in [3.8, 4) is 0 Å². The molecule has 3 heteroatoms. The Morgan fingerprint density at radius 2 is 2.29 bits per heavy atom.